The number of allylic oxidation sites excluding steroid dienone is 2. The third kappa shape index (κ3) is 4.20. The zero-order valence-corrected chi connectivity index (χ0v) is 28.5. The topological polar surface area (TPSA) is 52.6 Å². The molecule has 5 aliphatic rings. The number of carbonyl (C=O) groups is 2. The highest BCUT2D eigenvalue weighted by Crippen LogP contribution is 2.77. The highest BCUT2D eigenvalue weighted by molar-refractivity contribution is 5.85. The van der Waals surface area contributed by atoms with Crippen molar-refractivity contribution in [2.45, 2.75) is 112 Å². The molecule has 5 aliphatic carbocycles. The van der Waals surface area contributed by atoms with Gasteiger partial charge in [-0.25, -0.2) is 0 Å². The van der Waals surface area contributed by atoms with Crippen LogP contribution in [0.5, 0.6) is 11.5 Å². The summed E-state index contributed by atoms with van der Waals surface area (Å²) in [6.07, 6.45) is 12.8. The van der Waals surface area contributed by atoms with E-state index in [2.05, 4.69) is 54.7 Å². The number of hydrogen-bond acceptors (Lipinski definition) is 4. The standard InChI is InChI=1S/C40H56O4/c1-10-11-26-12-14-29(30(24-26)43-9)44-35(42)40-21-16-27(25(2)3)34(40)28-13-15-32-37(6)19-18-33(41)36(4,5)31(37)17-20-39(32,8)38(28,7)22-23-40/h10,12,14,24,27-28,31-32,34H,1-2,11,13,15-23H2,3-9H3/t27?,28?,31?,32?,34?,37-,38+,39+,40-/m0/s1. The lowest BCUT2D eigenvalue weighted by Crippen LogP contribution is -2.66. The molecule has 1 aromatic rings. The lowest BCUT2D eigenvalue weighted by molar-refractivity contribution is -0.234. The smallest absolute Gasteiger partial charge is 0.317 e. The zero-order chi connectivity index (χ0) is 31.9. The van der Waals surface area contributed by atoms with Crippen LogP contribution in [0.1, 0.15) is 111 Å². The quantitative estimate of drug-likeness (QED) is 0.185. The normalized spacial score (nSPS) is 42.2. The molecule has 0 aliphatic heterocycles. The van der Waals surface area contributed by atoms with Gasteiger partial charge < -0.3 is 9.47 Å². The molecule has 44 heavy (non-hydrogen) atoms. The fourth-order valence-corrected chi connectivity index (χ4v) is 12.6. The van der Waals surface area contributed by atoms with E-state index in [0.717, 1.165) is 63.4 Å². The first-order chi connectivity index (χ1) is 20.7. The molecule has 5 fully saturated rings. The van der Waals surface area contributed by atoms with Crippen LogP contribution in [0.15, 0.2) is 43.0 Å². The van der Waals surface area contributed by atoms with E-state index in [-0.39, 0.29) is 33.5 Å². The minimum atomic E-state index is -0.498. The second-order valence-electron chi connectivity index (χ2n) is 16.9. The number of ketones is 1. The number of esters is 1. The lowest BCUT2D eigenvalue weighted by Gasteiger charge is -2.72. The molecule has 0 aromatic heterocycles. The predicted molar refractivity (Wildman–Crippen MR) is 177 cm³/mol. The molecule has 5 saturated carbocycles. The molecule has 4 heteroatoms. The van der Waals surface area contributed by atoms with E-state index in [9.17, 15) is 9.59 Å². The van der Waals surface area contributed by atoms with E-state index in [4.69, 9.17) is 9.47 Å². The summed E-state index contributed by atoms with van der Waals surface area (Å²) >= 11 is 0. The Morgan fingerprint density at radius 2 is 1.68 bits per heavy atom. The minimum absolute atomic E-state index is 0.0708. The molecular formula is C40H56O4. The first-order valence-corrected chi connectivity index (χ1v) is 17.4. The Bertz CT molecular complexity index is 1370. The fourth-order valence-electron chi connectivity index (χ4n) is 12.6. The third-order valence-electron chi connectivity index (χ3n) is 15.0. The molecule has 0 N–H and O–H groups in total. The Hall–Kier alpha value is -2.36. The van der Waals surface area contributed by atoms with Gasteiger partial charge in [0.15, 0.2) is 11.5 Å². The average Bonchev–Trinajstić information content (AvgIpc) is 3.38. The van der Waals surface area contributed by atoms with Gasteiger partial charge in [-0.05, 0) is 135 Å². The molecule has 6 rings (SSSR count). The number of ether oxygens (including phenoxy) is 2. The van der Waals surface area contributed by atoms with Crippen LogP contribution >= 0.6 is 0 Å². The molecule has 240 valence electrons. The maximum Gasteiger partial charge on any atom is 0.317 e. The van der Waals surface area contributed by atoms with Crippen molar-refractivity contribution in [2.75, 3.05) is 7.11 Å². The Balaban J connectivity index is 1.35. The molecule has 1 aromatic carbocycles. The molecule has 9 atom stereocenters. The molecule has 0 heterocycles. The number of methoxy groups -OCH3 is 1. The minimum Gasteiger partial charge on any atom is -0.493 e. The van der Waals surface area contributed by atoms with E-state index in [0.29, 0.717) is 41.0 Å². The summed E-state index contributed by atoms with van der Waals surface area (Å²) in [6, 6.07) is 5.85. The molecule has 4 nitrogen and oxygen atoms in total. The summed E-state index contributed by atoms with van der Waals surface area (Å²) < 4.78 is 12.0. The van der Waals surface area contributed by atoms with Gasteiger partial charge in [-0.15, -0.1) is 6.58 Å². The van der Waals surface area contributed by atoms with E-state index in [1.165, 1.54) is 18.4 Å². The van der Waals surface area contributed by atoms with Crippen LogP contribution in [-0.4, -0.2) is 18.9 Å². The molecule has 0 bridgehead atoms. The maximum atomic E-state index is 14.5. The van der Waals surface area contributed by atoms with Crippen LogP contribution in [0.4, 0.5) is 0 Å². The molecule has 0 saturated heterocycles. The molecule has 0 amide bonds. The molecule has 0 radical (unpaired) electrons. The van der Waals surface area contributed by atoms with Gasteiger partial charge in [0, 0.05) is 11.8 Å². The Morgan fingerprint density at radius 3 is 2.36 bits per heavy atom. The summed E-state index contributed by atoms with van der Waals surface area (Å²) in [4.78, 5) is 27.7. The van der Waals surface area contributed by atoms with Crippen molar-refractivity contribution in [3.63, 3.8) is 0 Å². The first kappa shape index (κ1) is 31.6. The van der Waals surface area contributed by atoms with Crippen LogP contribution in [0.3, 0.4) is 0 Å². The number of rotatable bonds is 6. The van der Waals surface area contributed by atoms with Crippen molar-refractivity contribution < 1.29 is 19.1 Å². The van der Waals surface area contributed by atoms with Crippen molar-refractivity contribution in [3.05, 3.63) is 48.6 Å². The van der Waals surface area contributed by atoms with E-state index < -0.39 is 5.41 Å². The lowest BCUT2D eigenvalue weighted by atomic mass is 9.32. The summed E-state index contributed by atoms with van der Waals surface area (Å²) in [7, 11) is 1.64. The van der Waals surface area contributed by atoms with Crippen molar-refractivity contribution in [1.29, 1.82) is 0 Å². The molecule has 5 unspecified atom stereocenters. The van der Waals surface area contributed by atoms with Crippen LogP contribution in [0.25, 0.3) is 0 Å². The first-order valence-electron chi connectivity index (χ1n) is 17.4. The van der Waals surface area contributed by atoms with Gasteiger partial charge in [-0.2, -0.15) is 0 Å². The average molecular weight is 601 g/mol. The monoisotopic (exact) mass is 600 g/mol. The van der Waals surface area contributed by atoms with Gasteiger partial charge >= 0.3 is 5.97 Å². The van der Waals surface area contributed by atoms with Crippen molar-refractivity contribution in [1.82, 2.24) is 0 Å². The second-order valence-corrected chi connectivity index (χ2v) is 16.9. The summed E-state index contributed by atoms with van der Waals surface area (Å²) in [5, 5.41) is 0. The second kappa shape index (κ2) is 10.6. The highest BCUT2D eigenvalue weighted by Gasteiger charge is 2.72. The van der Waals surface area contributed by atoms with Crippen LogP contribution in [0, 0.1) is 56.7 Å². The van der Waals surface area contributed by atoms with Crippen molar-refractivity contribution in [3.8, 4) is 11.5 Å². The number of Topliss-reactive ketones (excluding diaryl/α,β-unsaturated/α-hetero) is 1. The SMILES string of the molecule is C=CCc1ccc(OC(=O)[C@]23CCC(C(=C)C)C2C2CCC4[C@@]5(C)CCC(=O)C(C)(C)C5CC[C@@]4(C)[C@]2(C)CC3)c(OC)c1. The summed E-state index contributed by atoms with van der Waals surface area (Å²) in [5.41, 5.74) is 2.07. The molecule has 0 spiro atoms. The zero-order valence-electron chi connectivity index (χ0n) is 28.5. The van der Waals surface area contributed by atoms with Crippen LogP contribution < -0.4 is 9.47 Å². The molecular weight excluding hydrogens is 544 g/mol. The Morgan fingerprint density at radius 1 is 0.932 bits per heavy atom. The van der Waals surface area contributed by atoms with Gasteiger partial charge in [-0.3, -0.25) is 9.59 Å². The number of benzene rings is 1. The summed E-state index contributed by atoms with van der Waals surface area (Å²) in [6.45, 7) is 22.7. The third-order valence-corrected chi connectivity index (χ3v) is 15.0. The number of fused-ring (bicyclic) bond motifs is 7. The van der Waals surface area contributed by atoms with Crippen LogP contribution in [-0.2, 0) is 16.0 Å². The van der Waals surface area contributed by atoms with Gasteiger partial charge in [0.2, 0.25) is 0 Å². The maximum absolute atomic E-state index is 14.5. The fraction of sp³-hybridized carbons (Fsp3) is 0.700. The largest absolute Gasteiger partial charge is 0.493 e. The van der Waals surface area contributed by atoms with Crippen molar-refractivity contribution in [2.24, 2.45) is 56.7 Å². The van der Waals surface area contributed by atoms with Gasteiger partial charge in [0.1, 0.15) is 5.78 Å². The van der Waals surface area contributed by atoms with Gasteiger partial charge in [0.25, 0.3) is 0 Å². The van der Waals surface area contributed by atoms with E-state index >= 15 is 0 Å². The highest BCUT2D eigenvalue weighted by atomic mass is 16.6. The van der Waals surface area contributed by atoms with E-state index in [1.807, 2.05) is 24.3 Å². The Labute approximate surface area is 266 Å². The predicted octanol–water partition coefficient (Wildman–Crippen LogP) is 9.56. The van der Waals surface area contributed by atoms with Gasteiger partial charge in [-0.1, -0.05) is 58.9 Å². The summed E-state index contributed by atoms with van der Waals surface area (Å²) in [5.74, 6) is 3.59. The van der Waals surface area contributed by atoms with Gasteiger partial charge in [0.05, 0.1) is 12.5 Å². The van der Waals surface area contributed by atoms with Crippen molar-refractivity contribution >= 4 is 11.8 Å². The number of hydrogen-bond donors (Lipinski definition) is 0. The van der Waals surface area contributed by atoms with Crippen LogP contribution in [0.2, 0.25) is 0 Å². The van der Waals surface area contributed by atoms with E-state index in [1.54, 1.807) is 7.11 Å². The Kier molecular flexibility index (Phi) is 7.61. The number of carbonyl (C=O) groups excluding carboxylic acids is 2.